The molecule has 1 amide bonds. The zero-order valence-electron chi connectivity index (χ0n) is 19.0. The van der Waals surface area contributed by atoms with Gasteiger partial charge < -0.3 is 14.7 Å². The van der Waals surface area contributed by atoms with Gasteiger partial charge in [0.15, 0.2) is 11.0 Å². The van der Waals surface area contributed by atoms with Gasteiger partial charge in [0.1, 0.15) is 11.6 Å². The number of amides is 1. The van der Waals surface area contributed by atoms with Crippen molar-refractivity contribution in [2.45, 2.75) is 56.5 Å². The van der Waals surface area contributed by atoms with E-state index >= 15 is 0 Å². The van der Waals surface area contributed by atoms with Crippen molar-refractivity contribution in [3.8, 4) is 17.1 Å². The number of ether oxygens (including phenoxy) is 1. The summed E-state index contributed by atoms with van der Waals surface area (Å²) in [6.45, 7) is 3.30. The summed E-state index contributed by atoms with van der Waals surface area (Å²) >= 11 is 1.32. The highest BCUT2D eigenvalue weighted by Gasteiger charge is 2.29. The van der Waals surface area contributed by atoms with Crippen LogP contribution in [0.3, 0.4) is 0 Å². The van der Waals surface area contributed by atoms with Gasteiger partial charge in [0.2, 0.25) is 5.91 Å². The molecular formula is C25H27FN4O3S. The summed E-state index contributed by atoms with van der Waals surface area (Å²) in [6, 6.07) is 11.7. The van der Waals surface area contributed by atoms with E-state index in [1.54, 1.807) is 29.2 Å². The number of anilines is 1. The third-order valence-corrected chi connectivity index (χ3v) is 7.39. The predicted octanol–water partition coefficient (Wildman–Crippen LogP) is 4.43. The van der Waals surface area contributed by atoms with Gasteiger partial charge in [-0.25, -0.2) is 4.39 Å². The zero-order chi connectivity index (χ0) is 23.7. The summed E-state index contributed by atoms with van der Waals surface area (Å²) in [4.78, 5) is 15.1. The van der Waals surface area contributed by atoms with Gasteiger partial charge in [0, 0.05) is 18.3 Å². The quantitative estimate of drug-likeness (QED) is 0.524. The molecule has 1 N–H and O–H groups in total. The number of carbonyl (C=O) groups is 1. The van der Waals surface area contributed by atoms with E-state index in [0.29, 0.717) is 23.1 Å². The molecule has 34 heavy (non-hydrogen) atoms. The van der Waals surface area contributed by atoms with Crippen LogP contribution in [0.1, 0.15) is 31.7 Å². The molecule has 7 nitrogen and oxygen atoms in total. The number of hydrogen-bond acceptors (Lipinski definition) is 6. The molecule has 2 aromatic carbocycles. The molecule has 1 saturated heterocycles. The fraction of sp³-hybridized carbons (Fsp3) is 0.400. The number of aromatic hydroxyl groups is 1. The molecular weight excluding hydrogens is 455 g/mol. The molecule has 0 unspecified atom stereocenters. The van der Waals surface area contributed by atoms with Crippen LogP contribution in [-0.4, -0.2) is 50.3 Å². The number of thioether (sulfide) groups is 1. The van der Waals surface area contributed by atoms with Crippen LogP contribution in [-0.2, 0) is 22.5 Å². The van der Waals surface area contributed by atoms with Crippen LogP contribution in [0.4, 0.5) is 10.1 Å². The van der Waals surface area contributed by atoms with Gasteiger partial charge in [-0.1, -0.05) is 23.9 Å². The van der Waals surface area contributed by atoms with Crippen molar-refractivity contribution in [2.75, 3.05) is 17.3 Å². The van der Waals surface area contributed by atoms with Gasteiger partial charge in [0.05, 0.1) is 24.0 Å². The minimum Gasteiger partial charge on any atom is -0.507 e. The molecule has 3 heterocycles. The lowest BCUT2D eigenvalue weighted by Gasteiger charge is -2.35. The average Bonchev–Trinajstić information content (AvgIpc) is 3.48. The summed E-state index contributed by atoms with van der Waals surface area (Å²) in [5, 5.41) is 19.7. The molecule has 3 aromatic rings. The van der Waals surface area contributed by atoms with Crippen LogP contribution < -0.4 is 4.90 Å². The Balaban J connectivity index is 1.39. The van der Waals surface area contributed by atoms with Crippen molar-refractivity contribution in [3.05, 3.63) is 53.8 Å². The summed E-state index contributed by atoms with van der Waals surface area (Å²) in [5.74, 6) is 0.513. The maximum atomic E-state index is 13.7. The topological polar surface area (TPSA) is 80.5 Å². The monoisotopic (exact) mass is 482 g/mol. The van der Waals surface area contributed by atoms with Crippen molar-refractivity contribution in [3.63, 3.8) is 0 Å². The number of aromatic nitrogens is 3. The summed E-state index contributed by atoms with van der Waals surface area (Å²) in [6.07, 6.45) is 3.54. The lowest BCUT2D eigenvalue weighted by molar-refractivity contribution is -0.116. The highest BCUT2D eigenvalue weighted by Crippen LogP contribution is 2.34. The van der Waals surface area contributed by atoms with Gasteiger partial charge in [-0.2, -0.15) is 0 Å². The molecule has 2 atom stereocenters. The smallest absolute Gasteiger partial charge is 0.237 e. The second-order valence-electron chi connectivity index (χ2n) is 8.78. The molecule has 0 bridgehead atoms. The molecule has 0 saturated carbocycles. The van der Waals surface area contributed by atoms with E-state index in [-0.39, 0.29) is 35.4 Å². The van der Waals surface area contributed by atoms with E-state index in [0.717, 1.165) is 43.5 Å². The van der Waals surface area contributed by atoms with Gasteiger partial charge >= 0.3 is 0 Å². The first kappa shape index (κ1) is 22.9. The molecule has 2 aliphatic rings. The maximum Gasteiger partial charge on any atom is 0.237 e. The second-order valence-corrected chi connectivity index (χ2v) is 9.72. The van der Waals surface area contributed by atoms with E-state index in [9.17, 15) is 14.3 Å². The van der Waals surface area contributed by atoms with Crippen LogP contribution >= 0.6 is 11.8 Å². The maximum absolute atomic E-state index is 13.7. The number of fused-ring (bicyclic) bond motifs is 1. The van der Waals surface area contributed by atoms with Crippen LogP contribution in [0.25, 0.3) is 11.4 Å². The standard InChI is InChI=1S/C25H27FN4O3S/c1-16-8-9-17-13-18(26)10-11-21(17)30(16)23(32)15-34-25-28-27-24(20-6-2-3-7-22(20)31)29(25)14-19-5-4-12-33-19/h2-3,6-7,10-11,13,16,19,31H,4-5,8-9,12,14-15H2,1H3/t16-,19+/m0/s1. The number of rotatable bonds is 6. The van der Waals surface area contributed by atoms with Crippen molar-refractivity contribution in [1.29, 1.82) is 0 Å². The molecule has 9 heteroatoms. The first-order valence-corrected chi connectivity index (χ1v) is 12.6. The van der Waals surface area contributed by atoms with Crippen molar-refractivity contribution >= 4 is 23.4 Å². The lowest BCUT2D eigenvalue weighted by Crippen LogP contribution is -2.43. The number of benzene rings is 2. The van der Waals surface area contributed by atoms with Crippen molar-refractivity contribution in [1.82, 2.24) is 14.8 Å². The number of carbonyl (C=O) groups excluding carboxylic acids is 1. The third kappa shape index (κ3) is 4.54. The number of nitrogens with zero attached hydrogens (tertiary/aromatic N) is 4. The number of halogens is 1. The molecule has 178 valence electrons. The summed E-state index contributed by atoms with van der Waals surface area (Å²) < 4.78 is 21.5. The molecule has 0 radical (unpaired) electrons. The van der Waals surface area contributed by atoms with Gasteiger partial charge in [-0.05, 0) is 68.5 Å². The Morgan fingerprint density at radius 1 is 1.24 bits per heavy atom. The lowest BCUT2D eigenvalue weighted by atomic mass is 9.96. The van der Waals surface area contributed by atoms with E-state index in [4.69, 9.17) is 4.74 Å². The first-order valence-electron chi connectivity index (χ1n) is 11.6. The van der Waals surface area contributed by atoms with Gasteiger partial charge in [0.25, 0.3) is 0 Å². The molecule has 5 rings (SSSR count). The third-order valence-electron chi connectivity index (χ3n) is 6.44. The number of hydrogen-bond donors (Lipinski definition) is 1. The van der Waals surface area contributed by atoms with Crippen LogP contribution in [0, 0.1) is 5.82 Å². The Hall–Kier alpha value is -2.91. The minimum absolute atomic E-state index is 0.0349. The zero-order valence-corrected chi connectivity index (χ0v) is 19.8. The summed E-state index contributed by atoms with van der Waals surface area (Å²) in [5.41, 5.74) is 2.23. The van der Waals surface area contributed by atoms with E-state index in [1.165, 1.54) is 23.9 Å². The Kier molecular flexibility index (Phi) is 6.56. The largest absolute Gasteiger partial charge is 0.507 e. The first-order chi connectivity index (χ1) is 16.5. The fourth-order valence-corrected chi connectivity index (χ4v) is 5.52. The second kappa shape index (κ2) is 9.76. The molecule has 0 spiro atoms. The normalized spacial score (nSPS) is 19.9. The number of para-hydroxylation sites is 1. The molecule has 1 fully saturated rings. The SMILES string of the molecule is C[C@H]1CCc2cc(F)ccc2N1C(=O)CSc1nnc(-c2ccccc2O)n1C[C@H]1CCCO1. The number of phenolic OH excluding ortho intramolecular Hbond substituents is 1. The van der Waals surface area contributed by atoms with E-state index < -0.39 is 0 Å². The average molecular weight is 483 g/mol. The fourth-order valence-electron chi connectivity index (χ4n) is 4.71. The summed E-state index contributed by atoms with van der Waals surface area (Å²) in [7, 11) is 0. The number of phenols is 1. The Morgan fingerprint density at radius 3 is 2.88 bits per heavy atom. The Morgan fingerprint density at radius 2 is 2.09 bits per heavy atom. The van der Waals surface area contributed by atoms with Crippen LogP contribution in [0.15, 0.2) is 47.6 Å². The van der Waals surface area contributed by atoms with Crippen molar-refractivity contribution < 1.29 is 19.0 Å². The predicted molar refractivity (Wildman–Crippen MR) is 128 cm³/mol. The van der Waals surface area contributed by atoms with E-state index in [1.807, 2.05) is 17.6 Å². The Labute approximate surface area is 201 Å². The number of aryl methyl sites for hydroxylation is 1. The van der Waals surface area contributed by atoms with E-state index in [2.05, 4.69) is 10.2 Å². The van der Waals surface area contributed by atoms with Crippen molar-refractivity contribution in [2.24, 2.45) is 0 Å². The minimum atomic E-state index is -0.283. The highest BCUT2D eigenvalue weighted by molar-refractivity contribution is 7.99. The van der Waals surface area contributed by atoms with Crippen LogP contribution in [0.5, 0.6) is 5.75 Å². The molecule has 1 aromatic heterocycles. The van der Waals surface area contributed by atoms with Crippen LogP contribution in [0.2, 0.25) is 0 Å². The molecule has 0 aliphatic carbocycles. The highest BCUT2D eigenvalue weighted by atomic mass is 32.2. The Bertz CT molecular complexity index is 1190. The molecule has 2 aliphatic heterocycles. The van der Waals surface area contributed by atoms with Gasteiger partial charge in [-0.15, -0.1) is 10.2 Å². The van der Waals surface area contributed by atoms with Gasteiger partial charge in [-0.3, -0.25) is 9.36 Å².